The van der Waals surface area contributed by atoms with Gasteiger partial charge in [-0.05, 0) is 43.5 Å². The Bertz CT molecular complexity index is 968. The molecule has 0 atom stereocenters. The van der Waals surface area contributed by atoms with Crippen LogP contribution in [-0.2, 0) is 11.2 Å². The minimum atomic E-state index is -0.735. The third-order valence-corrected chi connectivity index (χ3v) is 5.20. The number of carboxylic acids is 1. The average molecular weight is 368 g/mol. The number of carboxylic acid groups (broad SMARTS) is 1. The number of unbranched alkanes of at least 4 members (excludes halogenated alkanes) is 3. The molecule has 0 aliphatic rings. The van der Waals surface area contributed by atoms with E-state index in [0.29, 0.717) is 10.4 Å². The van der Waals surface area contributed by atoms with E-state index in [9.17, 15) is 9.59 Å². The van der Waals surface area contributed by atoms with Crippen LogP contribution in [0, 0.1) is 0 Å². The Labute approximate surface area is 155 Å². The van der Waals surface area contributed by atoms with Gasteiger partial charge in [0.2, 0.25) is 0 Å². The number of hydrogen-bond donors (Lipinski definition) is 1. The molecular formula is C20H20N2O3S. The maximum Gasteiger partial charge on any atom is 0.303 e. The van der Waals surface area contributed by atoms with Gasteiger partial charge in [0, 0.05) is 16.8 Å². The summed E-state index contributed by atoms with van der Waals surface area (Å²) in [4.78, 5) is 31.5. The van der Waals surface area contributed by atoms with Crippen molar-refractivity contribution in [2.24, 2.45) is 0 Å². The second-order valence-corrected chi connectivity index (χ2v) is 7.17. The molecule has 0 spiro atoms. The molecule has 0 saturated carbocycles. The highest BCUT2D eigenvalue weighted by Gasteiger charge is 2.08. The highest BCUT2D eigenvalue weighted by atomic mass is 32.1. The van der Waals surface area contributed by atoms with E-state index in [1.54, 1.807) is 6.07 Å². The monoisotopic (exact) mass is 368 g/mol. The number of aryl methyl sites for hydroxylation is 1. The number of hydrogen-bond acceptors (Lipinski definition) is 5. The number of aromatic nitrogens is 2. The van der Waals surface area contributed by atoms with Crippen LogP contribution in [0.5, 0.6) is 0 Å². The number of benzene rings is 1. The number of aliphatic carboxylic acids is 1. The van der Waals surface area contributed by atoms with E-state index < -0.39 is 5.97 Å². The molecule has 0 aliphatic carbocycles. The molecule has 2 heterocycles. The van der Waals surface area contributed by atoms with Crippen molar-refractivity contribution in [1.82, 2.24) is 9.97 Å². The lowest BCUT2D eigenvalue weighted by atomic mass is 10.1. The first-order valence-electron chi connectivity index (χ1n) is 8.71. The standard InChI is InChI=1S/C20H20N2O3S/c23-18(24)13-4-2-1-3-8-14-9-7-11-16(21-14)20-22-19(25)15-10-5-6-12-17(15)26-20/h5-7,9-12H,1-4,8,13H2,(H,23,24). The van der Waals surface area contributed by atoms with Gasteiger partial charge in [-0.15, -0.1) is 11.3 Å². The fourth-order valence-corrected chi connectivity index (χ4v) is 3.76. The SMILES string of the molecule is O=C(O)CCCCCCc1cccc(-c2nc(=O)c3ccccc3s2)n1. The Balaban J connectivity index is 1.68. The zero-order chi connectivity index (χ0) is 18.4. The van der Waals surface area contributed by atoms with Gasteiger partial charge < -0.3 is 5.11 Å². The highest BCUT2D eigenvalue weighted by molar-refractivity contribution is 7.21. The smallest absolute Gasteiger partial charge is 0.303 e. The van der Waals surface area contributed by atoms with Crippen LogP contribution >= 0.6 is 11.3 Å². The topological polar surface area (TPSA) is 80.1 Å². The van der Waals surface area contributed by atoms with Crippen molar-refractivity contribution in [3.8, 4) is 10.7 Å². The number of pyridine rings is 1. The molecule has 0 bridgehead atoms. The molecule has 0 radical (unpaired) electrons. The molecule has 3 aromatic rings. The predicted octanol–water partition coefficient (Wildman–Crippen LogP) is 4.30. The third-order valence-electron chi connectivity index (χ3n) is 4.13. The van der Waals surface area contributed by atoms with Crippen LogP contribution in [0.4, 0.5) is 0 Å². The highest BCUT2D eigenvalue weighted by Crippen LogP contribution is 2.24. The molecule has 6 heteroatoms. The van der Waals surface area contributed by atoms with Crippen LogP contribution in [0.15, 0.2) is 47.3 Å². The molecule has 134 valence electrons. The van der Waals surface area contributed by atoms with E-state index in [1.165, 1.54) is 11.3 Å². The molecular weight excluding hydrogens is 348 g/mol. The normalized spacial score (nSPS) is 10.9. The van der Waals surface area contributed by atoms with Crippen LogP contribution in [0.3, 0.4) is 0 Å². The van der Waals surface area contributed by atoms with Gasteiger partial charge in [-0.2, -0.15) is 4.98 Å². The van der Waals surface area contributed by atoms with E-state index in [-0.39, 0.29) is 12.0 Å². The Morgan fingerprint density at radius 2 is 1.77 bits per heavy atom. The van der Waals surface area contributed by atoms with Gasteiger partial charge in [0.15, 0.2) is 0 Å². The number of carbonyl (C=O) groups is 1. The minimum absolute atomic E-state index is 0.222. The first-order valence-corrected chi connectivity index (χ1v) is 9.53. The van der Waals surface area contributed by atoms with E-state index in [1.807, 2.05) is 36.4 Å². The second-order valence-electron chi connectivity index (χ2n) is 6.14. The largest absolute Gasteiger partial charge is 0.481 e. The summed E-state index contributed by atoms with van der Waals surface area (Å²) in [7, 11) is 0. The van der Waals surface area contributed by atoms with Crippen molar-refractivity contribution in [3.05, 3.63) is 58.5 Å². The zero-order valence-corrected chi connectivity index (χ0v) is 15.2. The quantitative estimate of drug-likeness (QED) is 0.600. The van der Waals surface area contributed by atoms with Crippen molar-refractivity contribution in [1.29, 1.82) is 0 Å². The molecule has 0 aliphatic heterocycles. The first-order chi connectivity index (χ1) is 12.6. The molecule has 1 aromatic carbocycles. The van der Waals surface area contributed by atoms with Crippen LogP contribution in [0.1, 0.15) is 37.8 Å². The van der Waals surface area contributed by atoms with Gasteiger partial charge in [-0.3, -0.25) is 14.6 Å². The van der Waals surface area contributed by atoms with Crippen LogP contribution in [0.2, 0.25) is 0 Å². The lowest BCUT2D eigenvalue weighted by Gasteiger charge is -2.05. The van der Waals surface area contributed by atoms with Crippen molar-refractivity contribution in [3.63, 3.8) is 0 Å². The van der Waals surface area contributed by atoms with E-state index in [0.717, 1.165) is 48.2 Å². The van der Waals surface area contributed by atoms with Gasteiger partial charge in [0.05, 0.1) is 11.1 Å². The molecule has 0 unspecified atom stereocenters. The Kier molecular flexibility index (Phi) is 6.07. The Morgan fingerprint density at radius 3 is 2.62 bits per heavy atom. The number of fused-ring (bicyclic) bond motifs is 1. The maximum atomic E-state index is 12.2. The predicted molar refractivity (Wildman–Crippen MR) is 104 cm³/mol. The molecule has 26 heavy (non-hydrogen) atoms. The second kappa shape index (κ2) is 8.67. The lowest BCUT2D eigenvalue weighted by molar-refractivity contribution is -0.137. The Morgan fingerprint density at radius 1 is 0.962 bits per heavy atom. The van der Waals surface area contributed by atoms with E-state index in [4.69, 9.17) is 5.11 Å². The van der Waals surface area contributed by atoms with Crippen molar-refractivity contribution < 1.29 is 9.90 Å². The summed E-state index contributed by atoms with van der Waals surface area (Å²) in [6, 6.07) is 13.3. The van der Waals surface area contributed by atoms with Crippen LogP contribution in [-0.4, -0.2) is 21.0 Å². The van der Waals surface area contributed by atoms with E-state index in [2.05, 4.69) is 9.97 Å². The van der Waals surface area contributed by atoms with Gasteiger partial charge >= 0.3 is 5.97 Å². The summed E-state index contributed by atoms with van der Waals surface area (Å²) in [5.41, 5.74) is 1.47. The molecule has 3 rings (SSSR count). The Hall–Kier alpha value is -2.60. The van der Waals surface area contributed by atoms with Gasteiger partial charge in [0.25, 0.3) is 5.56 Å². The van der Waals surface area contributed by atoms with Crippen molar-refractivity contribution in [2.45, 2.75) is 38.5 Å². The van der Waals surface area contributed by atoms with Crippen molar-refractivity contribution >= 4 is 27.4 Å². The van der Waals surface area contributed by atoms with Gasteiger partial charge in [-0.25, -0.2) is 0 Å². The van der Waals surface area contributed by atoms with E-state index >= 15 is 0 Å². The summed E-state index contributed by atoms with van der Waals surface area (Å²) in [6.07, 6.45) is 4.67. The fourth-order valence-electron chi connectivity index (χ4n) is 2.80. The lowest BCUT2D eigenvalue weighted by Crippen LogP contribution is -2.06. The number of nitrogens with zero attached hydrogens (tertiary/aromatic N) is 2. The molecule has 0 fully saturated rings. The van der Waals surface area contributed by atoms with Crippen molar-refractivity contribution in [2.75, 3.05) is 0 Å². The maximum absolute atomic E-state index is 12.2. The molecule has 2 aromatic heterocycles. The molecule has 5 nitrogen and oxygen atoms in total. The van der Waals surface area contributed by atoms with Gasteiger partial charge in [-0.1, -0.05) is 31.0 Å². The molecule has 1 N–H and O–H groups in total. The minimum Gasteiger partial charge on any atom is -0.481 e. The van der Waals surface area contributed by atoms with Gasteiger partial charge in [0.1, 0.15) is 5.01 Å². The molecule has 0 amide bonds. The summed E-state index contributed by atoms with van der Waals surface area (Å²) >= 11 is 1.47. The zero-order valence-electron chi connectivity index (χ0n) is 14.4. The van der Waals surface area contributed by atoms with Crippen LogP contribution < -0.4 is 5.56 Å². The summed E-state index contributed by atoms with van der Waals surface area (Å²) in [5.74, 6) is -0.735. The summed E-state index contributed by atoms with van der Waals surface area (Å²) < 4.78 is 0.910. The average Bonchev–Trinajstić information content (AvgIpc) is 2.64. The first kappa shape index (κ1) is 18.2. The summed E-state index contributed by atoms with van der Waals surface area (Å²) in [5, 5.41) is 9.91. The number of rotatable bonds is 8. The van der Waals surface area contributed by atoms with Crippen LogP contribution in [0.25, 0.3) is 20.8 Å². The molecule has 0 saturated heterocycles. The fraction of sp³-hybridized carbons (Fsp3) is 0.300. The third kappa shape index (κ3) is 4.73. The summed E-state index contributed by atoms with van der Waals surface area (Å²) in [6.45, 7) is 0.